The highest BCUT2D eigenvalue weighted by molar-refractivity contribution is 7.81. The number of amides is 1. The Balaban J connectivity index is 1.99. The second-order valence-electron chi connectivity index (χ2n) is 4.39. The van der Waals surface area contributed by atoms with Gasteiger partial charge in [0.25, 0.3) is 0 Å². The van der Waals surface area contributed by atoms with E-state index in [-0.39, 0.29) is 11.2 Å². The third kappa shape index (κ3) is 3.83. The quantitative estimate of drug-likeness (QED) is 0.840. The number of aryl methyl sites for hydroxylation is 1. The van der Waals surface area contributed by atoms with Gasteiger partial charge in [0.05, 0.1) is 17.1 Å². The van der Waals surface area contributed by atoms with Gasteiger partial charge in [0.15, 0.2) is 0 Å². The SMILES string of the molecule is Cc1ccncc1NC(=O)C(S)Cc1ccccc1. The molecule has 0 fully saturated rings. The predicted molar refractivity (Wildman–Crippen MR) is 80.5 cm³/mol. The molecule has 0 bridgehead atoms. The molecule has 1 aromatic carbocycles. The smallest absolute Gasteiger partial charge is 0.237 e. The zero-order valence-corrected chi connectivity index (χ0v) is 11.6. The molecule has 1 aromatic heterocycles. The molecule has 3 nitrogen and oxygen atoms in total. The van der Waals surface area contributed by atoms with Crippen LogP contribution in [-0.4, -0.2) is 16.1 Å². The number of aromatic nitrogens is 1. The molecule has 1 atom stereocenters. The van der Waals surface area contributed by atoms with Crippen LogP contribution >= 0.6 is 12.6 Å². The Labute approximate surface area is 118 Å². The van der Waals surface area contributed by atoms with Crippen molar-refractivity contribution in [2.24, 2.45) is 0 Å². The van der Waals surface area contributed by atoms with Crippen molar-refractivity contribution in [3.05, 3.63) is 59.9 Å². The maximum Gasteiger partial charge on any atom is 0.237 e. The van der Waals surface area contributed by atoms with Crippen molar-refractivity contribution in [1.29, 1.82) is 0 Å². The number of benzene rings is 1. The number of pyridine rings is 1. The number of hydrogen-bond acceptors (Lipinski definition) is 3. The van der Waals surface area contributed by atoms with Gasteiger partial charge in [-0.25, -0.2) is 0 Å². The lowest BCUT2D eigenvalue weighted by atomic mass is 10.1. The molecule has 98 valence electrons. The summed E-state index contributed by atoms with van der Waals surface area (Å²) in [5.41, 5.74) is 2.82. The Kier molecular flexibility index (Phi) is 4.58. The van der Waals surface area contributed by atoms with Crippen LogP contribution in [0.5, 0.6) is 0 Å². The van der Waals surface area contributed by atoms with Crippen LogP contribution < -0.4 is 5.32 Å². The summed E-state index contributed by atoms with van der Waals surface area (Å²) in [5.74, 6) is -0.108. The molecule has 1 N–H and O–H groups in total. The first-order chi connectivity index (χ1) is 9.16. The molecular weight excluding hydrogens is 256 g/mol. The number of nitrogens with one attached hydrogen (secondary N) is 1. The van der Waals surface area contributed by atoms with Gasteiger partial charge < -0.3 is 5.32 Å². The highest BCUT2D eigenvalue weighted by atomic mass is 32.1. The summed E-state index contributed by atoms with van der Waals surface area (Å²) >= 11 is 4.37. The van der Waals surface area contributed by atoms with E-state index in [4.69, 9.17) is 0 Å². The first-order valence-corrected chi connectivity index (χ1v) is 6.62. The van der Waals surface area contributed by atoms with Crippen LogP contribution in [-0.2, 0) is 11.2 Å². The third-order valence-electron chi connectivity index (χ3n) is 2.87. The molecule has 4 heteroatoms. The van der Waals surface area contributed by atoms with Crippen molar-refractivity contribution >= 4 is 24.2 Å². The molecule has 0 aliphatic heterocycles. The van der Waals surface area contributed by atoms with Crippen molar-refractivity contribution in [3.8, 4) is 0 Å². The summed E-state index contributed by atoms with van der Waals surface area (Å²) in [6.07, 6.45) is 3.96. The van der Waals surface area contributed by atoms with Crippen molar-refractivity contribution in [1.82, 2.24) is 4.98 Å². The second kappa shape index (κ2) is 6.38. The summed E-state index contributed by atoms with van der Waals surface area (Å²) in [6.45, 7) is 1.93. The molecule has 0 saturated heterocycles. The molecule has 0 aliphatic rings. The molecule has 0 spiro atoms. The van der Waals surface area contributed by atoms with Crippen LogP contribution in [0.2, 0.25) is 0 Å². The molecule has 19 heavy (non-hydrogen) atoms. The molecule has 0 radical (unpaired) electrons. The maximum absolute atomic E-state index is 12.1. The minimum absolute atomic E-state index is 0.108. The van der Waals surface area contributed by atoms with E-state index in [9.17, 15) is 4.79 Å². The van der Waals surface area contributed by atoms with E-state index in [0.717, 1.165) is 16.8 Å². The topological polar surface area (TPSA) is 42.0 Å². The normalized spacial score (nSPS) is 11.9. The lowest BCUT2D eigenvalue weighted by Crippen LogP contribution is -2.25. The number of rotatable bonds is 4. The summed E-state index contributed by atoms with van der Waals surface area (Å²) < 4.78 is 0. The van der Waals surface area contributed by atoms with Gasteiger partial charge in [-0.1, -0.05) is 30.3 Å². The van der Waals surface area contributed by atoms with E-state index in [0.29, 0.717) is 6.42 Å². The number of carbonyl (C=O) groups excluding carboxylic acids is 1. The minimum atomic E-state index is -0.373. The molecular formula is C15H16N2OS. The van der Waals surface area contributed by atoms with Gasteiger partial charge in [0, 0.05) is 6.20 Å². The molecule has 1 heterocycles. The van der Waals surface area contributed by atoms with Crippen LogP contribution in [0.1, 0.15) is 11.1 Å². The molecule has 1 amide bonds. The Morgan fingerprint density at radius 3 is 2.74 bits per heavy atom. The molecule has 0 saturated carbocycles. The zero-order valence-electron chi connectivity index (χ0n) is 10.7. The van der Waals surface area contributed by atoms with E-state index >= 15 is 0 Å². The van der Waals surface area contributed by atoms with Gasteiger partial charge in [-0.05, 0) is 30.5 Å². The number of nitrogens with zero attached hydrogens (tertiary/aromatic N) is 1. The van der Waals surface area contributed by atoms with Crippen LogP contribution in [0.25, 0.3) is 0 Å². The second-order valence-corrected chi connectivity index (χ2v) is 5.01. The largest absolute Gasteiger partial charge is 0.324 e. The van der Waals surface area contributed by atoms with E-state index in [2.05, 4.69) is 22.9 Å². The molecule has 0 aliphatic carbocycles. The van der Waals surface area contributed by atoms with Crippen LogP contribution in [0, 0.1) is 6.92 Å². The Bertz CT molecular complexity index is 557. The van der Waals surface area contributed by atoms with E-state index < -0.39 is 0 Å². The van der Waals surface area contributed by atoms with Crippen molar-refractivity contribution in [3.63, 3.8) is 0 Å². The van der Waals surface area contributed by atoms with Gasteiger partial charge in [-0.15, -0.1) is 0 Å². The molecule has 2 rings (SSSR count). The van der Waals surface area contributed by atoms with Crippen molar-refractivity contribution in [2.45, 2.75) is 18.6 Å². The van der Waals surface area contributed by atoms with Crippen LogP contribution in [0.4, 0.5) is 5.69 Å². The Hall–Kier alpha value is -1.81. The summed E-state index contributed by atoms with van der Waals surface area (Å²) in [7, 11) is 0. The predicted octanol–water partition coefficient (Wildman–Crippen LogP) is 2.87. The minimum Gasteiger partial charge on any atom is -0.324 e. The lowest BCUT2D eigenvalue weighted by Gasteiger charge is -2.12. The van der Waals surface area contributed by atoms with Crippen LogP contribution in [0.15, 0.2) is 48.8 Å². The lowest BCUT2D eigenvalue weighted by molar-refractivity contribution is -0.115. The van der Waals surface area contributed by atoms with Gasteiger partial charge in [0.1, 0.15) is 0 Å². The van der Waals surface area contributed by atoms with Gasteiger partial charge in [-0.3, -0.25) is 9.78 Å². The fourth-order valence-corrected chi connectivity index (χ4v) is 2.02. The van der Waals surface area contributed by atoms with Gasteiger partial charge in [0.2, 0.25) is 5.91 Å². The Morgan fingerprint density at radius 1 is 1.32 bits per heavy atom. The maximum atomic E-state index is 12.1. The van der Waals surface area contributed by atoms with Gasteiger partial charge >= 0.3 is 0 Å². The zero-order chi connectivity index (χ0) is 13.7. The summed E-state index contributed by atoms with van der Waals surface area (Å²) in [6, 6.07) is 11.7. The standard InChI is InChI=1S/C15H16N2OS/c1-11-7-8-16-10-13(11)17-15(18)14(19)9-12-5-3-2-4-6-12/h2-8,10,14,19H,9H2,1H3,(H,17,18). The van der Waals surface area contributed by atoms with E-state index in [1.807, 2.05) is 43.3 Å². The molecule has 2 aromatic rings. The molecule has 1 unspecified atom stereocenters. The van der Waals surface area contributed by atoms with Crippen LogP contribution in [0.3, 0.4) is 0 Å². The first kappa shape index (κ1) is 13.6. The fourth-order valence-electron chi connectivity index (χ4n) is 1.74. The fraction of sp³-hybridized carbons (Fsp3) is 0.200. The highest BCUT2D eigenvalue weighted by Crippen LogP contribution is 2.14. The number of hydrogen-bond donors (Lipinski definition) is 2. The van der Waals surface area contributed by atoms with Crippen molar-refractivity contribution < 1.29 is 4.79 Å². The monoisotopic (exact) mass is 272 g/mol. The van der Waals surface area contributed by atoms with Gasteiger partial charge in [-0.2, -0.15) is 12.6 Å². The van der Waals surface area contributed by atoms with Crippen molar-refractivity contribution in [2.75, 3.05) is 5.32 Å². The van der Waals surface area contributed by atoms with E-state index in [1.165, 1.54) is 0 Å². The average Bonchev–Trinajstić information content (AvgIpc) is 2.42. The van der Waals surface area contributed by atoms with E-state index in [1.54, 1.807) is 12.4 Å². The summed E-state index contributed by atoms with van der Waals surface area (Å²) in [4.78, 5) is 16.1. The first-order valence-electron chi connectivity index (χ1n) is 6.10. The number of carbonyl (C=O) groups is 1. The Morgan fingerprint density at radius 2 is 2.05 bits per heavy atom. The third-order valence-corrected chi connectivity index (χ3v) is 3.29. The highest BCUT2D eigenvalue weighted by Gasteiger charge is 2.15. The number of anilines is 1. The average molecular weight is 272 g/mol. The number of thiol groups is 1. The summed E-state index contributed by atoms with van der Waals surface area (Å²) in [5, 5.41) is 2.48.